The predicted octanol–water partition coefficient (Wildman–Crippen LogP) is 4.71. The van der Waals surface area contributed by atoms with Crippen LogP contribution in [0.25, 0.3) is 11.1 Å². The van der Waals surface area contributed by atoms with Crippen LogP contribution in [-0.4, -0.2) is 0 Å². The van der Waals surface area contributed by atoms with Crippen molar-refractivity contribution in [2.45, 2.75) is 13.3 Å². The fourth-order valence-corrected chi connectivity index (χ4v) is 2.09. The molecule has 0 radical (unpaired) electrons. The molecular formula is C14H12ClF. The van der Waals surface area contributed by atoms with E-state index in [0.29, 0.717) is 11.4 Å². The lowest BCUT2D eigenvalue weighted by Crippen LogP contribution is -1.92. The zero-order valence-corrected chi connectivity index (χ0v) is 9.76. The molecule has 16 heavy (non-hydrogen) atoms. The van der Waals surface area contributed by atoms with Crippen LogP contribution in [0.15, 0.2) is 42.5 Å². The van der Waals surface area contributed by atoms with E-state index in [9.17, 15) is 4.39 Å². The van der Waals surface area contributed by atoms with Gasteiger partial charge in [-0.2, -0.15) is 0 Å². The van der Waals surface area contributed by atoms with E-state index in [2.05, 4.69) is 0 Å². The predicted molar refractivity (Wildman–Crippen MR) is 66.2 cm³/mol. The van der Waals surface area contributed by atoms with E-state index >= 15 is 0 Å². The van der Waals surface area contributed by atoms with E-state index in [-0.39, 0.29) is 5.82 Å². The van der Waals surface area contributed by atoms with Crippen molar-refractivity contribution in [3.63, 3.8) is 0 Å². The van der Waals surface area contributed by atoms with Crippen LogP contribution in [0.2, 0.25) is 5.02 Å². The minimum absolute atomic E-state index is 0.167. The van der Waals surface area contributed by atoms with E-state index in [1.54, 1.807) is 6.07 Å². The van der Waals surface area contributed by atoms with Crippen LogP contribution < -0.4 is 0 Å². The van der Waals surface area contributed by atoms with Crippen LogP contribution in [0.5, 0.6) is 0 Å². The van der Waals surface area contributed by atoms with Crippen LogP contribution in [0.4, 0.5) is 4.39 Å². The van der Waals surface area contributed by atoms with Gasteiger partial charge in [0.2, 0.25) is 0 Å². The van der Waals surface area contributed by atoms with Gasteiger partial charge in [0.25, 0.3) is 0 Å². The summed E-state index contributed by atoms with van der Waals surface area (Å²) in [6, 6.07) is 12.6. The summed E-state index contributed by atoms with van der Waals surface area (Å²) in [4.78, 5) is 0. The maximum atomic E-state index is 13.6. The molecule has 0 heterocycles. The first kappa shape index (κ1) is 11.2. The standard InChI is InChI=1S/C14H12ClF/c1-2-10-11(7-5-9-14(10)16)12-6-3-4-8-13(12)15/h3-9H,2H2,1H3. The smallest absolute Gasteiger partial charge is 0.127 e. The van der Waals surface area contributed by atoms with Gasteiger partial charge in [-0.1, -0.05) is 48.9 Å². The molecule has 0 fully saturated rings. The van der Waals surface area contributed by atoms with Crippen molar-refractivity contribution in [2.75, 3.05) is 0 Å². The summed E-state index contributed by atoms with van der Waals surface area (Å²) in [5.41, 5.74) is 2.49. The zero-order chi connectivity index (χ0) is 11.5. The van der Waals surface area contributed by atoms with Gasteiger partial charge in [-0.3, -0.25) is 0 Å². The van der Waals surface area contributed by atoms with Crippen molar-refractivity contribution < 1.29 is 4.39 Å². The summed E-state index contributed by atoms with van der Waals surface area (Å²) in [5, 5.41) is 0.655. The van der Waals surface area contributed by atoms with Crippen LogP contribution in [-0.2, 0) is 6.42 Å². The van der Waals surface area contributed by atoms with E-state index in [4.69, 9.17) is 11.6 Å². The van der Waals surface area contributed by atoms with Gasteiger partial charge in [0, 0.05) is 10.6 Å². The zero-order valence-electron chi connectivity index (χ0n) is 9.00. The lowest BCUT2D eigenvalue weighted by molar-refractivity contribution is 0.613. The molecule has 2 rings (SSSR count). The van der Waals surface area contributed by atoms with Gasteiger partial charge >= 0.3 is 0 Å². The quantitative estimate of drug-likeness (QED) is 0.706. The number of halogens is 2. The van der Waals surface area contributed by atoms with E-state index in [1.165, 1.54) is 6.07 Å². The summed E-state index contributed by atoms with van der Waals surface area (Å²) in [7, 11) is 0. The monoisotopic (exact) mass is 234 g/mol. The van der Waals surface area contributed by atoms with Gasteiger partial charge in [-0.25, -0.2) is 4.39 Å². The highest BCUT2D eigenvalue weighted by Gasteiger charge is 2.10. The summed E-state index contributed by atoms with van der Waals surface area (Å²) < 4.78 is 13.6. The Labute approximate surface area is 99.7 Å². The first-order valence-corrected chi connectivity index (χ1v) is 5.64. The number of hydrogen-bond donors (Lipinski definition) is 0. The first-order valence-electron chi connectivity index (χ1n) is 5.26. The highest BCUT2D eigenvalue weighted by Crippen LogP contribution is 2.31. The Kier molecular flexibility index (Phi) is 3.25. The van der Waals surface area contributed by atoms with Crippen LogP contribution in [0.1, 0.15) is 12.5 Å². The fraction of sp³-hybridized carbons (Fsp3) is 0.143. The molecule has 0 unspecified atom stereocenters. The van der Waals surface area contributed by atoms with Crippen molar-refractivity contribution in [1.29, 1.82) is 0 Å². The average Bonchev–Trinajstić information content (AvgIpc) is 2.29. The van der Waals surface area contributed by atoms with E-state index < -0.39 is 0 Å². The SMILES string of the molecule is CCc1c(F)cccc1-c1ccccc1Cl. The molecule has 0 saturated carbocycles. The molecule has 0 aliphatic rings. The third-order valence-electron chi connectivity index (χ3n) is 2.64. The molecule has 0 amide bonds. The fourth-order valence-electron chi connectivity index (χ4n) is 1.85. The third kappa shape index (κ3) is 1.96. The Morgan fingerprint density at radius 2 is 1.69 bits per heavy atom. The lowest BCUT2D eigenvalue weighted by atomic mass is 9.98. The molecule has 0 nitrogen and oxygen atoms in total. The second-order valence-electron chi connectivity index (χ2n) is 3.60. The Morgan fingerprint density at radius 1 is 1.00 bits per heavy atom. The first-order chi connectivity index (χ1) is 7.74. The van der Waals surface area contributed by atoms with Gasteiger partial charge in [0.1, 0.15) is 5.82 Å². The molecule has 2 aromatic carbocycles. The molecule has 0 aromatic heterocycles. The maximum absolute atomic E-state index is 13.6. The molecule has 82 valence electrons. The van der Waals surface area contributed by atoms with Crippen molar-refractivity contribution in [1.82, 2.24) is 0 Å². The average molecular weight is 235 g/mol. The summed E-state index contributed by atoms with van der Waals surface area (Å²) in [5.74, 6) is -0.167. The molecule has 0 spiro atoms. The summed E-state index contributed by atoms with van der Waals surface area (Å²) >= 11 is 6.12. The second-order valence-corrected chi connectivity index (χ2v) is 4.01. The number of benzene rings is 2. The molecule has 0 aliphatic heterocycles. The minimum Gasteiger partial charge on any atom is -0.207 e. The van der Waals surface area contributed by atoms with Crippen molar-refractivity contribution in [3.8, 4) is 11.1 Å². The van der Waals surface area contributed by atoms with Crippen molar-refractivity contribution in [2.24, 2.45) is 0 Å². The van der Waals surface area contributed by atoms with Gasteiger partial charge in [-0.15, -0.1) is 0 Å². The minimum atomic E-state index is -0.167. The van der Waals surface area contributed by atoms with Crippen molar-refractivity contribution >= 4 is 11.6 Å². The van der Waals surface area contributed by atoms with Crippen molar-refractivity contribution in [3.05, 3.63) is 58.9 Å². The Balaban J connectivity index is 2.65. The largest absolute Gasteiger partial charge is 0.207 e. The van der Waals surface area contributed by atoms with E-state index in [1.807, 2.05) is 37.3 Å². The molecule has 0 aliphatic carbocycles. The van der Waals surface area contributed by atoms with Gasteiger partial charge in [0.15, 0.2) is 0 Å². The molecular weight excluding hydrogens is 223 g/mol. The number of hydrogen-bond acceptors (Lipinski definition) is 0. The Hall–Kier alpha value is -1.34. The second kappa shape index (κ2) is 4.67. The highest BCUT2D eigenvalue weighted by atomic mass is 35.5. The Morgan fingerprint density at radius 3 is 2.38 bits per heavy atom. The van der Waals surface area contributed by atoms with Crippen LogP contribution >= 0.6 is 11.6 Å². The van der Waals surface area contributed by atoms with Gasteiger partial charge < -0.3 is 0 Å². The summed E-state index contributed by atoms with van der Waals surface area (Å²) in [6.45, 7) is 1.94. The molecule has 0 bridgehead atoms. The topological polar surface area (TPSA) is 0 Å². The molecule has 0 saturated heterocycles. The molecule has 2 aromatic rings. The molecule has 0 N–H and O–H groups in total. The highest BCUT2D eigenvalue weighted by molar-refractivity contribution is 6.33. The van der Waals surface area contributed by atoms with E-state index in [0.717, 1.165) is 16.7 Å². The molecule has 2 heteroatoms. The maximum Gasteiger partial charge on any atom is 0.127 e. The Bertz CT molecular complexity index is 506. The van der Waals surface area contributed by atoms with Crippen LogP contribution in [0.3, 0.4) is 0 Å². The summed E-state index contributed by atoms with van der Waals surface area (Å²) in [6.07, 6.45) is 0.660. The number of rotatable bonds is 2. The van der Waals surface area contributed by atoms with Crippen LogP contribution in [0, 0.1) is 5.82 Å². The molecule has 0 atom stereocenters. The van der Waals surface area contributed by atoms with Gasteiger partial charge in [0.05, 0.1) is 0 Å². The lowest BCUT2D eigenvalue weighted by Gasteiger charge is -2.10. The van der Waals surface area contributed by atoms with Gasteiger partial charge in [-0.05, 0) is 29.7 Å². The normalized spacial score (nSPS) is 10.4. The third-order valence-corrected chi connectivity index (χ3v) is 2.97.